The molecular formula is C12H17N3O2. The van der Waals surface area contributed by atoms with Crippen molar-refractivity contribution in [3.8, 4) is 0 Å². The van der Waals surface area contributed by atoms with Crippen LogP contribution in [0.1, 0.15) is 23.2 Å². The SMILES string of the molecule is CN(C[C@@H]1CCCO1)C(=O)c1cnccc1N. The van der Waals surface area contributed by atoms with E-state index >= 15 is 0 Å². The fraction of sp³-hybridized carbons (Fsp3) is 0.500. The number of nitrogens with two attached hydrogens (primary N) is 1. The Balaban J connectivity index is 2.01. The van der Waals surface area contributed by atoms with Gasteiger partial charge in [-0.05, 0) is 18.9 Å². The average Bonchev–Trinajstić information content (AvgIpc) is 2.81. The highest BCUT2D eigenvalue weighted by Crippen LogP contribution is 2.15. The summed E-state index contributed by atoms with van der Waals surface area (Å²) < 4.78 is 5.50. The third-order valence-electron chi connectivity index (χ3n) is 2.93. The molecule has 0 radical (unpaired) electrons. The summed E-state index contributed by atoms with van der Waals surface area (Å²) >= 11 is 0. The average molecular weight is 235 g/mol. The fourth-order valence-corrected chi connectivity index (χ4v) is 1.97. The Kier molecular flexibility index (Phi) is 3.58. The Hall–Kier alpha value is -1.62. The van der Waals surface area contributed by atoms with E-state index in [9.17, 15) is 4.79 Å². The molecule has 1 fully saturated rings. The van der Waals surface area contributed by atoms with E-state index in [1.807, 2.05) is 0 Å². The lowest BCUT2D eigenvalue weighted by molar-refractivity contribution is 0.0587. The van der Waals surface area contributed by atoms with Gasteiger partial charge in [0.05, 0.1) is 11.7 Å². The topological polar surface area (TPSA) is 68.5 Å². The molecular weight excluding hydrogens is 218 g/mol. The number of hydrogen-bond donors (Lipinski definition) is 1. The second kappa shape index (κ2) is 5.14. The fourth-order valence-electron chi connectivity index (χ4n) is 1.97. The molecule has 1 atom stereocenters. The van der Waals surface area contributed by atoms with Gasteiger partial charge < -0.3 is 15.4 Å². The first kappa shape index (κ1) is 11.9. The molecule has 2 N–H and O–H groups in total. The van der Waals surface area contributed by atoms with Crippen LogP contribution >= 0.6 is 0 Å². The number of aromatic nitrogens is 1. The Morgan fingerprint density at radius 3 is 3.18 bits per heavy atom. The van der Waals surface area contributed by atoms with Crippen LogP contribution in [-0.4, -0.2) is 42.1 Å². The van der Waals surface area contributed by atoms with Gasteiger partial charge in [-0.3, -0.25) is 9.78 Å². The Labute approximate surface area is 101 Å². The van der Waals surface area contributed by atoms with Gasteiger partial charge in [0.2, 0.25) is 0 Å². The van der Waals surface area contributed by atoms with Crippen molar-refractivity contribution >= 4 is 11.6 Å². The zero-order valence-corrected chi connectivity index (χ0v) is 9.93. The van der Waals surface area contributed by atoms with E-state index in [0.717, 1.165) is 19.4 Å². The second-order valence-electron chi connectivity index (χ2n) is 4.28. The maximum absolute atomic E-state index is 12.1. The Morgan fingerprint density at radius 2 is 2.53 bits per heavy atom. The lowest BCUT2D eigenvalue weighted by Gasteiger charge is -2.21. The highest BCUT2D eigenvalue weighted by molar-refractivity contribution is 5.98. The minimum atomic E-state index is -0.105. The van der Waals surface area contributed by atoms with Gasteiger partial charge in [-0.2, -0.15) is 0 Å². The number of nitrogen functional groups attached to an aromatic ring is 1. The molecule has 0 aromatic carbocycles. The van der Waals surface area contributed by atoms with Gasteiger partial charge in [-0.15, -0.1) is 0 Å². The smallest absolute Gasteiger partial charge is 0.257 e. The number of likely N-dealkylation sites (N-methyl/N-ethyl adjacent to an activating group) is 1. The van der Waals surface area contributed by atoms with Gasteiger partial charge in [0.1, 0.15) is 0 Å². The van der Waals surface area contributed by atoms with Crippen LogP contribution in [0.25, 0.3) is 0 Å². The van der Waals surface area contributed by atoms with E-state index < -0.39 is 0 Å². The maximum atomic E-state index is 12.1. The molecule has 2 heterocycles. The van der Waals surface area contributed by atoms with Crippen molar-refractivity contribution in [2.45, 2.75) is 18.9 Å². The van der Waals surface area contributed by atoms with Crippen molar-refractivity contribution in [1.29, 1.82) is 0 Å². The van der Waals surface area contributed by atoms with Crippen LogP contribution in [0.3, 0.4) is 0 Å². The summed E-state index contributed by atoms with van der Waals surface area (Å²) in [5, 5.41) is 0. The summed E-state index contributed by atoms with van der Waals surface area (Å²) in [6.45, 7) is 1.40. The molecule has 1 aromatic rings. The predicted octanol–water partition coefficient (Wildman–Crippen LogP) is 0.915. The van der Waals surface area contributed by atoms with E-state index in [4.69, 9.17) is 10.5 Å². The molecule has 1 aliphatic rings. The first-order valence-electron chi connectivity index (χ1n) is 5.75. The zero-order valence-electron chi connectivity index (χ0n) is 9.93. The maximum Gasteiger partial charge on any atom is 0.257 e. The third-order valence-corrected chi connectivity index (χ3v) is 2.93. The van der Waals surface area contributed by atoms with Gasteiger partial charge in [0.25, 0.3) is 5.91 Å². The van der Waals surface area contributed by atoms with Crippen LogP contribution in [-0.2, 0) is 4.74 Å². The van der Waals surface area contributed by atoms with E-state index in [1.165, 1.54) is 6.20 Å². The highest BCUT2D eigenvalue weighted by Gasteiger charge is 2.21. The number of carbonyl (C=O) groups is 1. The first-order valence-corrected chi connectivity index (χ1v) is 5.75. The first-order chi connectivity index (χ1) is 8.18. The van der Waals surface area contributed by atoms with Crippen LogP contribution in [0.15, 0.2) is 18.5 Å². The molecule has 0 spiro atoms. The van der Waals surface area contributed by atoms with Crippen LogP contribution in [0.5, 0.6) is 0 Å². The van der Waals surface area contributed by atoms with Gasteiger partial charge in [-0.1, -0.05) is 0 Å². The number of pyridine rings is 1. The van der Waals surface area contributed by atoms with Gasteiger partial charge in [-0.25, -0.2) is 0 Å². The van der Waals surface area contributed by atoms with Crippen molar-refractivity contribution < 1.29 is 9.53 Å². The second-order valence-corrected chi connectivity index (χ2v) is 4.28. The molecule has 1 amide bonds. The number of ether oxygens (including phenoxy) is 1. The van der Waals surface area contributed by atoms with E-state index in [0.29, 0.717) is 17.8 Å². The standard InChI is InChI=1S/C12H17N3O2/c1-15(8-9-3-2-6-17-9)12(16)10-7-14-5-4-11(10)13/h4-5,7,9H,2-3,6,8H2,1H3,(H2,13,14)/t9-/m0/s1. The minimum Gasteiger partial charge on any atom is -0.398 e. The zero-order chi connectivity index (χ0) is 12.3. The molecule has 1 aliphatic heterocycles. The van der Waals surface area contributed by atoms with E-state index in [-0.39, 0.29) is 12.0 Å². The molecule has 92 valence electrons. The van der Waals surface area contributed by atoms with Crippen molar-refractivity contribution in [3.63, 3.8) is 0 Å². The van der Waals surface area contributed by atoms with Crippen molar-refractivity contribution in [1.82, 2.24) is 9.88 Å². The summed E-state index contributed by atoms with van der Waals surface area (Å²) in [5.41, 5.74) is 6.66. The van der Waals surface area contributed by atoms with Crippen molar-refractivity contribution in [2.75, 3.05) is 25.9 Å². The van der Waals surface area contributed by atoms with E-state index in [1.54, 1.807) is 24.2 Å². The molecule has 1 aromatic heterocycles. The van der Waals surface area contributed by atoms with Gasteiger partial charge in [0.15, 0.2) is 0 Å². The quantitative estimate of drug-likeness (QED) is 0.845. The molecule has 0 bridgehead atoms. The highest BCUT2D eigenvalue weighted by atomic mass is 16.5. The van der Waals surface area contributed by atoms with Crippen LogP contribution in [0, 0.1) is 0 Å². The minimum absolute atomic E-state index is 0.105. The lowest BCUT2D eigenvalue weighted by atomic mass is 10.2. The van der Waals surface area contributed by atoms with Gasteiger partial charge in [0, 0.05) is 38.3 Å². The van der Waals surface area contributed by atoms with Crippen LogP contribution in [0.4, 0.5) is 5.69 Å². The summed E-state index contributed by atoms with van der Waals surface area (Å²) in [7, 11) is 1.76. The number of carbonyl (C=O) groups excluding carboxylic acids is 1. The predicted molar refractivity (Wildman–Crippen MR) is 64.6 cm³/mol. The molecule has 2 rings (SSSR count). The molecule has 0 unspecified atom stereocenters. The Morgan fingerprint density at radius 1 is 1.71 bits per heavy atom. The number of anilines is 1. The van der Waals surface area contributed by atoms with Crippen LogP contribution < -0.4 is 5.73 Å². The summed E-state index contributed by atoms with van der Waals surface area (Å²) in [6, 6.07) is 1.63. The number of amides is 1. The van der Waals surface area contributed by atoms with Crippen molar-refractivity contribution in [3.05, 3.63) is 24.0 Å². The molecule has 1 saturated heterocycles. The summed E-state index contributed by atoms with van der Waals surface area (Å²) in [6.07, 6.45) is 5.32. The lowest BCUT2D eigenvalue weighted by Crippen LogP contribution is -2.34. The largest absolute Gasteiger partial charge is 0.398 e. The molecule has 5 nitrogen and oxygen atoms in total. The number of rotatable bonds is 3. The summed E-state index contributed by atoms with van der Waals surface area (Å²) in [4.78, 5) is 17.7. The number of hydrogen-bond acceptors (Lipinski definition) is 4. The third kappa shape index (κ3) is 2.74. The Bertz CT molecular complexity index is 402. The normalized spacial score (nSPS) is 19.2. The number of nitrogens with zero attached hydrogens (tertiary/aromatic N) is 2. The van der Waals surface area contributed by atoms with Crippen LogP contribution in [0.2, 0.25) is 0 Å². The molecule has 5 heteroatoms. The monoisotopic (exact) mass is 235 g/mol. The van der Waals surface area contributed by atoms with Gasteiger partial charge >= 0.3 is 0 Å². The molecule has 17 heavy (non-hydrogen) atoms. The summed E-state index contributed by atoms with van der Waals surface area (Å²) in [5.74, 6) is -0.105. The van der Waals surface area contributed by atoms with E-state index in [2.05, 4.69) is 4.98 Å². The molecule has 0 saturated carbocycles. The molecule has 0 aliphatic carbocycles. The van der Waals surface area contributed by atoms with Crippen molar-refractivity contribution in [2.24, 2.45) is 0 Å².